The van der Waals surface area contributed by atoms with Crippen LogP contribution in [0, 0.1) is 5.92 Å². The van der Waals surface area contributed by atoms with Crippen LogP contribution in [0.5, 0.6) is 0 Å². The van der Waals surface area contributed by atoms with Crippen molar-refractivity contribution in [3.8, 4) is 0 Å². The first-order chi connectivity index (χ1) is 11.4. The standard InChI is InChI=1S/C17H23N3O3/c1-10(2)7-13(18)16(21)20-15(17(22)23)8-11-9-19-14-6-4-3-5-12(11)14/h3-6,9-10,13,15,19H,7-8,18H2,1-2H3,(H,20,21)(H,22,23)/t13?,15-/m0/s1/i/hD. The number of carbonyl (C=O) groups excluding carboxylic acids is 1. The Hall–Kier alpha value is -2.34. The van der Waals surface area contributed by atoms with Crippen molar-refractivity contribution in [3.63, 3.8) is 0 Å². The van der Waals surface area contributed by atoms with Gasteiger partial charge in [-0.15, -0.1) is 0 Å². The molecule has 0 aliphatic carbocycles. The number of nitrogens with one attached hydrogen (secondary N) is 2. The smallest absolute Gasteiger partial charge is 0.326 e. The molecule has 0 saturated carbocycles. The van der Waals surface area contributed by atoms with Crippen molar-refractivity contribution in [2.75, 3.05) is 0 Å². The third-order valence-electron chi connectivity index (χ3n) is 3.74. The molecule has 0 aliphatic heterocycles. The van der Waals surface area contributed by atoms with Crippen molar-refractivity contribution in [1.29, 1.82) is 0 Å². The van der Waals surface area contributed by atoms with Gasteiger partial charge in [0.25, 0.3) is 0 Å². The molecule has 2 rings (SSSR count). The Kier molecular flexibility index (Phi) is 4.92. The first kappa shape index (κ1) is 15.6. The molecule has 0 aliphatic rings. The largest absolute Gasteiger partial charge is 0.480 e. The van der Waals surface area contributed by atoms with Crippen LogP contribution in [-0.4, -0.2) is 34.1 Å². The summed E-state index contributed by atoms with van der Waals surface area (Å²) in [5.74, 6) is -1.34. The molecule has 0 saturated heterocycles. The van der Waals surface area contributed by atoms with Gasteiger partial charge in [0.2, 0.25) is 5.91 Å². The number of rotatable bonds is 8. The summed E-state index contributed by atoms with van der Waals surface area (Å²) < 4.78 is 7.28. The number of hydrogen-bond acceptors (Lipinski definition) is 3. The van der Waals surface area contributed by atoms with E-state index in [4.69, 9.17) is 1.41 Å². The number of H-pyrrole nitrogens is 1. The summed E-state index contributed by atoms with van der Waals surface area (Å²) in [4.78, 5) is 26.9. The first-order valence-electron chi connectivity index (χ1n) is 8.17. The number of amides is 1. The molecular formula is C17H23N3O3. The van der Waals surface area contributed by atoms with Gasteiger partial charge in [-0.25, -0.2) is 4.79 Å². The number of aromatic nitrogens is 1. The van der Waals surface area contributed by atoms with E-state index in [1.54, 1.807) is 6.20 Å². The second kappa shape index (κ2) is 7.28. The number of aliphatic carboxylic acids is 1. The maximum absolute atomic E-state index is 12.3. The first-order valence-corrected chi connectivity index (χ1v) is 7.67. The van der Waals surface area contributed by atoms with E-state index >= 15 is 0 Å². The number of benzene rings is 1. The van der Waals surface area contributed by atoms with Gasteiger partial charge in [0.05, 0.1) is 6.04 Å². The average Bonchev–Trinajstić information content (AvgIpc) is 2.94. The molecule has 0 spiro atoms. The lowest BCUT2D eigenvalue weighted by atomic mass is 10.0. The molecule has 1 aromatic heterocycles. The summed E-state index contributed by atoms with van der Waals surface area (Å²) in [6.45, 7) is 3.89. The van der Waals surface area contributed by atoms with Crippen LogP contribution in [0.2, 0.25) is 1.41 Å². The summed E-state index contributed by atoms with van der Waals surface area (Å²) in [6, 6.07) is 5.84. The Labute approximate surface area is 136 Å². The Bertz CT molecular complexity index is 714. The minimum atomic E-state index is -1.10. The van der Waals surface area contributed by atoms with Gasteiger partial charge in [-0.1, -0.05) is 32.0 Å². The van der Waals surface area contributed by atoms with Gasteiger partial charge in [0, 0.05) is 23.5 Å². The van der Waals surface area contributed by atoms with E-state index in [2.05, 4.69) is 16.0 Å². The van der Waals surface area contributed by atoms with Crippen molar-refractivity contribution in [2.45, 2.75) is 38.8 Å². The molecular weight excluding hydrogens is 294 g/mol. The van der Waals surface area contributed by atoms with Crippen molar-refractivity contribution >= 4 is 22.8 Å². The number of hydrogen-bond donors (Lipinski definition) is 4. The van der Waals surface area contributed by atoms with E-state index in [1.807, 2.05) is 38.1 Å². The van der Waals surface area contributed by atoms with Gasteiger partial charge in [0.15, 0.2) is 0 Å². The number of aromatic amines is 1. The molecule has 0 fully saturated rings. The zero-order chi connectivity index (χ0) is 17.7. The zero-order valence-corrected chi connectivity index (χ0v) is 13.3. The third-order valence-corrected chi connectivity index (χ3v) is 3.74. The van der Waals surface area contributed by atoms with Crippen LogP contribution in [0.3, 0.4) is 0 Å². The molecule has 1 unspecified atom stereocenters. The van der Waals surface area contributed by atoms with Crippen molar-refractivity contribution < 1.29 is 16.1 Å². The van der Waals surface area contributed by atoms with Gasteiger partial charge in [-0.05, 0) is 24.0 Å². The van der Waals surface area contributed by atoms with Crippen molar-refractivity contribution in [2.24, 2.45) is 11.6 Å². The van der Waals surface area contributed by atoms with Crippen LogP contribution in [0.15, 0.2) is 30.5 Å². The highest BCUT2D eigenvalue weighted by atomic mass is 16.4. The van der Waals surface area contributed by atoms with E-state index in [-0.39, 0.29) is 12.3 Å². The lowest BCUT2D eigenvalue weighted by Crippen LogP contribution is -2.49. The molecule has 124 valence electrons. The minimum Gasteiger partial charge on any atom is -0.480 e. The number of fused-ring (bicyclic) bond motifs is 1. The lowest BCUT2D eigenvalue weighted by Gasteiger charge is -2.18. The highest BCUT2D eigenvalue weighted by Gasteiger charge is 2.24. The van der Waals surface area contributed by atoms with Crippen LogP contribution in [0.1, 0.15) is 25.8 Å². The van der Waals surface area contributed by atoms with E-state index in [0.29, 0.717) is 6.42 Å². The fourth-order valence-corrected chi connectivity index (χ4v) is 2.57. The summed E-state index contributed by atoms with van der Waals surface area (Å²) in [5, 5.41) is 12.9. The van der Waals surface area contributed by atoms with Gasteiger partial charge < -0.3 is 21.1 Å². The zero-order valence-electron chi connectivity index (χ0n) is 14.3. The third kappa shape index (κ3) is 4.32. The van der Waals surface area contributed by atoms with Gasteiger partial charge in [-0.3, -0.25) is 4.79 Å². The highest BCUT2D eigenvalue weighted by Crippen LogP contribution is 2.19. The molecule has 1 aromatic carbocycles. The lowest BCUT2D eigenvalue weighted by molar-refractivity contribution is -0.142. The predicted octanol–water partition coefficient (Wildman–Crippen LogP) is 1.65. The van der Waals surface area contributed by atoms with E-state index in [9.17, 15) is 14.7 Å². The summed E-state index contributed by atoms with van der Waals surface area (Å²) in [6.07, 6.45) is 2.41. The second-order valence-electron chi connectivity index (χ2n) is 6.15. The maximum Gasteiger partial charge on any atom is 0.326 e. The van der Waals surface area contributed by atoms with Crippen LogP contribution in [0.25, 0.3) is 10.9 Å². The predicted molar refractivity (Wildman–Crippen MR) is 89.0 cm³/mol. The fourth-order valence-electron chi connectivity index (χ4n) is 2.57. The van der Waals surface area contributed by atoms with Gasteiger partial charge in [-0.2, -0.15) is 0 Å². The fraction of sp³-hybridized carbons (Fsp3) is 0.412. The Morgan fingerprint density at radius 3 is 2.78 bits per heavy atom. The molecule has 23 heavy (non-hydrogen) atoms. The van der Waals surface area contributed by atoms with E-state index < -0.39 is 24.0 Å². The summed E-state index contributed by atoms with van der Waals surface area (Å²) in [7, 11) is 0. The number of carboxylic acids is 1. The number of nitrogens with two attached hydrogens (primary N) is 1. The highest BCUT2D eigenvalue weighted by molar-refractivity contribution is 5.88. The summed E-state index contributed by atoms with van der Waals surface area (Å²) >= 11 is 0. The Morgan fingerprint density at radius 2 is 2.13 bits per heavy atom. The van der Waals surface area contributed by atoms with Gasteiger partial charge >= 0.3 is 5.97 Å². The van der Waals surface area contributed by atoms with E-state index in [0.717, 1.165) is 16.5 Å². The average molecular weight is 318 g/mol. The number of para-hydroxylation sites is 1. The Balaban J connectivity index is 2.12. The van der Waals surface area contributed by atoms with Gasteiger partial charge in [0.1, 0.15) is 7.45 Å². The maximum atomic E-state index is 12.3. The number of carbonyl (C=O) groups is 2. The van der Waals surface area contributed by atoms with Crippen molar-refractivity contribution in [1.82, 2.24) is 10.3 Å². The molecule has 1 amide bonds. The molecule has 6 heteroatoms. The molecule has 6 nitrogen and oxygen atoms in total. The minimum absolute atomic E-state index is 0.178. The van der Waals surface area contributed by atoms with E-state index in [1.165, 1.54) is 0 Å². The van der Waals surface area contributed by atoms with Crippen LogP contribution in [-0.2, 0) is 16.0 Å². The summed E-state index contributed by atoms with van der Waals surface area (Å²) in [5.41, 5.74) is 3.96. The molecule has 0 bridgehead atoms. The van der Waals surface area contributed by atoms with Crippen LogP contribution >= 0.6 is 0 Å². The quantitative estimate of drug-likeness (QED) is 0.593. The van der Waals surface area contributed by atoms with Crippen LogP contribution < -0.4 is 11.0 Å². The molecule has 1 heterocycles. The molecule has 2 aromatic rings. The Morgan fingerprint density at radius 1 is 1.39 bits per heavy atom. The topological polar surface area (TPSA) is 108 Å². The van der Waals surface area contributed by atoms with Crippen molar-refractivity contribution in [3.05, 3.63) is 36.0 Å². The van der Waals surface area contributed by atoms with Crippen LogP contribution in [0.4, 0.5) is 0 Å². The number of carboxylic acid groups (broad SMARTS) is 1. The molecule has 0 radical (unpaired) electrons. The normalized spacial score (nSPS) is 14.5. The SMILES string of the molecule is [2H]NC(CC(C)C)C(=O)N[C@@H](Cc1c[nH]c2ccccc12)C(=O)O. The molecule has 2 atom stereocenters. The monoisotopic (exact) mass is 318 g/mol. The molecule has 5 N–H and O–H groups in total. The second-order valence-corrected chi connectivity index (χ2v) is 6.15.